The van der Waals surface area contributed by atoms with Crippen molar-refractivity contribution in [3.8, 4) is 0 Å². The van der Waals surface area contributed by atoms with E-state index in [9.17, 15) is 9.35 Å². The molecule has 1 aliphatic rings. The number of nitrogens with zero attached hydrogens (tertiary/aromatic N) is 1. The van der Waals surface area contributed by atoms with Crippen LogP contribution in [0, 0.1) is 0 Å². The number of rotatable bonds is 3. The zero-order chi connectivity index (χ0) is 14.2. The van der Waals surface area contributed by atoms with Crippen LogP contribution >= 0.6 is 0 Å². The molecule has 1 amide bonds. The van der Waals surface area contributed by atoms with E-state index in [1.165, 1.54) is 0 Å². The van der Waals surface area contributed by atoms with Crippen molar-refractivity contribution in [3.63, 3.8) is 0 Å². The van der Waals surface area contributed by atoms with Crippen molar-refractivity contribution in [1.29, 1.82) is 0 Å². The lowest BCUT2D eigenvalue weighted by atomic mass is 10.0. The minimum atomic E-state index is -1.03. The molecule has 1 fully saturated rings. The molecule has 0 aromatic heterocycles. The van der Waals surface area contributed by atoms with Crippen LogP contribution in [0.4, 0.5) is 4.79 Å². The lowest BCUT2D eigenvalue weighted by Crippen LogP contribution is -2.37. The summed E-state index contributed by atoms with van der Waals surface area (Å²) in [6.45, 7) is 5.92. The Kier molecular flexibility index (Phi) is 4.06. The van der Waals surface area contributed by atoms with Gasteiger partial charge in [-0.3, -0.25) is 4.90 Å². The Morgan fingerprint density at radius 3 is 2.63 bits per heavy atom. The van der Waals surface area contributed by atoms with Crippen molar-refractivity contribution in [3.05, 3.63) is 29.8 Å². The number of amides is 1. The molecule has 1 aromatic rings. The highest BCUT2D eigenvalue weighted by Gasteiger charge is 2.41. The molecule has 1 aliphatic heterocycles. The van der Waals surface area contributed by atoms with Gasteiger partial charge < -0.3 is 9.29 Å². The molecule has 0 bridgehead atoms. The van der Waals surface area contributed by atoms with E-state index in [2.05, 4.69) is 0 Å². The van der Waals surface area contributed by atoms with Crippen LogP contribution < -0.4 is 0 Å². The Morgan fingerprint density at radius 1 is 1.42 bits per heavy atom. The number of cyclic esters (lactones) is 1. The molecular formula is C14H19NO3S. The number of hydrogen-bond acceptors (Lipinski definition) is 3. The van der Waals surface area contributed by atoms with E-state index >= 15 is 0 Å². The van der Waals surface area contributed by atoms with Crippen LogP contribution in [0.5, 0.6) is 0 Å². The fourth-order valence-corrected chi connectivity index (χ4v) is 3.05. The number of carbonyl (C=O) groups is 1. The molecule has 0 N–H and O–H groups in total. The molecule has 0 spiro atoms. The van der Waals surface area contributed by atoms with Crippen molar-refractivity contribution in [2.45, 2.75) is 43.9 Å². The molecule has 2 rings (SSSR count). The molecule has 0 saturated carbocycles. The average Bonchev–Trinajstić information content (AvgIpc) is 2.65. The first-order chi connectivity index (χ1) is 8.91. The van der Waals surface area contributed by atoms with Crippen molar-refractivity contribution >= 4 is 17.3 Å². The lowest BCUT2D eigenvalue weighted by Gasteiger charge is -2.24. The summed E-state index contributed by atoms with van der Waals surface area (Å²) in [6, 6.07) is 7.53. The first-order valence-electron chi connectivity index (χ1n) is 6.34. The Hall–Kier alpha value is -1.20. The molecule has 5 heteroatoms. The number of carbonyl (C=O) groups excluding carboxylic acids is 1. The predicted octanol–water partition coefficient (Wildman–Crippen LogP) is 2.71. The minimum absolute atomic E-state index is 0.0203. The maximum Gasteiger partial charge on any atom is 0.411 e. The van der Waals surface area contributed by atoms with Crippen LogP contribution in [0.25, 0.3) is 0 Å². The van der Waals surface area contributed by atoms with Crippen LogP contribution in [-0.4, -0.2) is 33.9 Å². The average molecular weight is 281 g/mol. The van der Waals surface area contributed by atoms with Crippen LogP contribution in [-0.2, 0) is 15.9 Å². The maximum atomic E-state index is 11.9. The largest absolute Gasteiger partial charge is 0.612 e. The summed E-state index contributed by atoms with van der Waals surface area (Å²) in [5, 5.41) is 0. The highest BCUT2D eigenvalue weighted by Crippen LogP contribution is 2.34. The molecule has 0 radical (unpaired) electrons. The van der Waals surface area contributed by atoms with Gasteiger partial charge in [0.1, 0.15) is 12.4 Å². The summed E-state index contributed by atoms with van der Waals surface area (Å²) in [5.41, 5.74) is 0.900. The third kappa shape index (κ3) is 2.72. The first-order valence-corrected chi connectivity index (χ1v) is 7.90. The lowest BCUT2D eigenvalue weighted by molar-refractivity contribution is 0.129. The smallest absolute Gasteiger partial charge is 0.411 e. The van der Waals surface area contributed by atoms with Crippen molar-refractivity contribution in [2.75, 3.05) is 6.26 Å². The zero-order valence-corrected chi connectivity index (χ0v) is 12.4. The summed E-state index contributed by atoms with van der Waals surface area (Å²) in [4.78, 5) is 14.4. The van der Waals surface area contributed by atoms with E-state index in [4.69, 9.17) is 4.74 Å². The summed E-state index contributed by atoms with van der Waals surface area (Å²) in [6.07, 6.45) is 1.07. The quantitative estimate of drug-likeness (QED) is 0.800. The first kappa shape index (κ1) is 14.2. The number of ether oxygens (including phenoxy) is 1. The van der Waals surface area contributed by atoms with Gasteiger partial charge in [-0.05, 0) is 43.6 Å². The van der Waals surface area contributed by atoms with Crippen LogP contribution in [0.2, 0.25) is 0 Å². The summed E-state index contributed by atoms with van der Waals surface area (Å²) in [7, 11) is 0. The van der Waals surface area contributed by atoms with Gasteiger partial charge in [-0.2, -0.15) is 0 Å². The minimum Gasteiger partial charge on any atom is -0.612 e. The van der Waals surface area contributed by atoms with Crippen LogP contribution in [0.3, 0.4) is 0 Å². The number of benzene rings is 1. The summed E-state index contributed by atoms with van der Waals surface area (Å²) < 4.78 is 17.0. The Bertz CT molecular complexity index is 476. The SMILES string of the molecule is CC(C)N1C(=O)O[C@H](c2cccc([S+](C)[O-])c2)[C@@H]1C. The molecular weight excluding hydrogens is 262 g/mol. The maximum absolute atomic E-state index is 11.9. The van der Waals surface area contributed by atoms with Crippen LogP contribution in [0.15, 0.2) is 29.2 Å². The Morgan fingerprint density at radius 2 is 2.11 bits per heavy atom. The second-order valence-corrected chi connectivity index (χ2v) is 6.45. The monoisotopic (exact) mass is 281 g/mol. The summed E-state index contributed by atoms with van der Waals surface area (Å²) >= 11 is -1.03. The Balaban J connectivity index is 2.28. The van der Waals surface area contributed by atoms with Gasteiger partial charge >= 0.3 is 6.09 Å². The van der Waals surface area contributed by atoms with Crippen molar-refractivity contribution in [1.82, 2.24) is 4.90 Å². The molecule has 0 aliphatic carbocycles. The van der Waals surface area contributed by atoms with Crippen LogP contribution in [0.1, 0.15) is 32.4 Å². The summed E-state index contributed by atoms with van der Waals surface area (Å²) in [5.74, 6) is 0. The van der Waals surface area contributed by atoms with Crippen molar-refractivity contribution < 1.29 is 14.1 Å². The molecule has 19 heavy (non-hydrogen) atoms. The highest BCUT2D eigenvalue weighted by molar-refractivity contribution is 7.90. The fraction of sp³-hybridized carbons (Fsp3) is 0.500. The standard InChI is InChI=1S/C14H19NO3S/c1-9(2)15-10(3)13(18-14(15)16)11-6-5-7-12(8-11)19(4)17/h5-10,13H,1-4H3/t10-,13-,19?/m0/s1. The van der Waals surface area contributed by atoms with E-state index in [0.29, 0.717) is 0 Å². The number of hydrogen-bond donors (Lipinski definition) is 0. The van der Waals surface area contributed by atoms with Gasteiger partial charge in [-0.25, -0.2) is 4.79 Å². The fourth-order valence-electron chi connectivity index (χ4n) is 2.48. The van der Waals surface area contributed by atoms with E-state index in [-0.39, 0.29) is 24.3 Å². The van der Waals surface area contributed by atoms with E-state index in [1.807, 2.05) is 45.0 Å². The van der Waals surface area contributed by atoms with Gasteiger partial charge in [-0.15, -0.1) is 0 Å². The van der Waals surface area contributed by atoms with E-state index in [0.717, 1.165) is 10.5 Å². The third-order valence-corrected chi connectivity index (χ3v) is 4.31. The van der Waals surface area contributed by atoms with Gasteiger partial charge in [0.05, 0.1) is 6.04 Å². The molecule has 4 nitrogen and oxygen atoms in total. The van der Waals surface area contributed by atoms with E-state index < -0.39 is 11.2 Å². The normalized spacial score (nSPS) is 24.7. The van der Waals surface area contributed by atoms with Gasteiger partial charge in [0, 0.05) is 12.1 Å². The molecule has 1 heterocycles. The van der Waals surface area contributed by atoms with Gasteiger partial charge in [-0.1, -0.05) is 12.1 Å². The second-order valence-electron chi connectivity index (χ2n) is 5.07. The van der Waals surface area contributed by atoms with Gasteiger partial charge in [0.25, 0.3) is 0 Å². The highest BCUT2D eigenvalue weighted by atomic mass is 32.2. The molecule has 1 saturated heterocycles. The van der Waals surface area contributed by atoms with Gasteiger partial charge in [0.15, 0.2) is 4.90 Å². The molecule has 3 atom stereocenters. The van der Waals surface area contributed by atoms with Crippen molar-refractivity contribution in [2.24, 2.45) is 0 Å². The van der Waals surface area contributed by atoms with Gasteiger partial charge in [0.2, 0.25) is 0 Å². The topological polar surface area (TPSA) is 52.6 Å². The molecule has 104 valence electrons. The second kappa shape index (κ2) is 5.43. The van der Waals surface area contributed by atoms with E-state index in [1.54, 1.807) is 11.2 Å². The zero-order valence-electron chi connectivity index (χ0n) is 11.6. The molecule has 1 unspecified atom stereocenters. The third-order valence-electron chi connectivity index (χ3n) is 3.39. The Labute approximate surface area is 116 Å². The predicted molar refractivity (Wildman–Crippen MR) is 74.4 cm³/mol. The molecule has 1 aromatic carbocycles.